The van der Waals surface area contributed by atoms with Gasteiger partial charge in [0, 0.05) is 6.54 Å². The third kappa shape index (κ3) is 4.37. The molecule has 2 bridgehead atoms. The summed E-state index contributed by atoms with van der Waals surface area (Å²) in [6.45, 7) is 3.57. The van der Waals surface area contributed by atoms with Crippen molar-refractivity contribution < 1.29 is 29.4 Å². The first-order chi connectivity index (χ1) is 9.49. The van der Waals surface area contributed by atoms with Crippen LogP contribution < -0.4 is 0 Å². The van der Waals surface area contributed by atoms with E-state index < -0.39 is 11.9 Å². The van der Waals surface area contributed by atoms with Gasteiger partial charge in [-0.3, -0.25) is 0 Å². The fourth-order valence-corrected chi connectivity index (χ4v) is 2.59. The van der Waals surface area contributed by atoms with Crippen molar-refractivity contribution in [2.45, 2.75) is 12.8 Å². The Labute approximate surface area is 116 Å². The van der Waals surface area contributed by atoms with Crippen LogP contribution in [0.2, 0.25) is 0 Å². The summed E-state index contributed by atoms with van der Waals surface area (Å²) < 4.78 is 5.28. The quantitative estimate of drug-likeness (QED) is 0.321. The molecule has 0 amide bonds. The van der Waals surface area contributed by atoms with Crippen LogP contribution in [0.3, 0.4) is 0 Å². The van der Waals surface area contributed by atoms with Crippen molar-refractivity contribution in [3.8, 4) is 0 Å². The number of carboxylic acid groups (broad SMARTS) is 2. The maximum Gasteiger partial charge on any atom is 0.414 e. The molecular formula is C12H20N2O6. The Balaban J connectivity index is 0.000000286. The lowest BCUT2D eigenvalue weighted by Crippen LogP contribution is -2.50. The molecule has 3 fully saturated rings. The fourth-order valence-electron chi connectivity index (χ4n) is 2.59. The molecule has 0 aliphatic carbocycles. The van der Waals surface area contributed by atoms with Gasteiger partial charge in [0.05, 0.1) is 13.0 Å². The zero-order chi connectivity index (χ0) is 15.1. The number of hydrogen-bond donors (Lipinski definition) is 2. The Morgan fingerprint density at radius 1 is 1.15 bits per heavy atom. The lowest BCUT2D eigenvalue weighted by Gasteiger charge is -2.44. The molecule has 8 nitrogen and oxygen atoms in total. The van der Waals surface area contributed by atoms with Gasteiger partial charge in [0.2, 0.25) is 5.90 Å². The zero-order valence-electron chi connectivity index (χ0n) is 11.6. The van der Waals surface area contributed by atoms with Crippen LogP contribution in [0.15, 0.2) is 5.16 Å². The SMILES string of the molecule is CO/N=C(\OC)C1CN2CCC1CC2.O=C(O)C(=O)O. The molecule has 3 heterocycles. The average molecular weight is 288 g/mol. The van der Waals surface area contributed by atoms with Crippen LogP contribution in [0.1, 0.15) is 12.8 Å². The molecule has 0 saturated carbocycles. The summed E-state index contributed by atoms with van der Waals surface area (Å²) in [4.78, 5) is 25.5. The van der Waals surface area contributed by atoms with E-state index in [2.05, 4.69) is 10.1 Å². The van der Waals surface area contributed by atoms with E-state index in [4.69, 9.17) is 29.4 Å². The topological polar surface area (TPSA) is 109 Å². The van der Waals surface area contributed by atoms with Crippen molar-refractivity contribution >= 4 is 17.8 Å². The highest BCUT2D eigenvalue weighted by atomic mass is 16.6. The van der Waals surface area contributed by atoms with Crippen molar-refractivity contribution in [1.29, 1.82) is 0 Å². The van der Waals surface area contributed by atoms with Crippen molar-refractivity contribution in [3.63, 3.8) is 0 Å². The van der Waals surface area contributed by atoms with E-state index >= 15 is 0 Å². The fraction of sp³-hybridized carbons (Fsp3) is 0.750. The van der Waals surface area contributed by atoms with Gasteiger partial charge >= 0.3 is 11.9 Å². The monoisotopic (exact) mass is 288 g/mol. The number of rotatable bonds is 2. The van der Waals surface area contributed by atoms with E-state index in [0.29, 0.717) is 5.92 Å². The third-order valence-electron chi connectivity index (χ3n) is 3.55. The van der Waals surface area contributed by atoms with Crippen molar-refractivity contribution in [3.05, 3.63) is 0 Å². The molecule has 0 aromatic rings. The standard InChI is InChI=1S/C10H18N2O2.C2H2O4/c1-13-10(11-14-2)9-7-12-5-3-8(9)4-6-12;3-1(4)2(5)6/h8-9H,3-7H2,1-2H3;(H,3,4)(H,5,6)/b11-10-;. The molecule has 3 rings (SSSR count). The van der Waals surface area contributed by atoms with Crippen molar-refractivity contribution in [2.24, 2.45) is 17.0 Å². The molecule has 3 saturated heterocycles. The first-order valence-corrected chi connectivity index (χ1v) is 6.33. The van der Waals surface area contributed by atoms with E-state index in [-0.39, 0.29) is 0 Å². The van der Waals surface area contributed by atoms with Gasteiger partial charge in [-0.1, -0.05) is 5.16 Å². The van der Waals surface area contributed by atoms with Crippen LogP contribution in [0.25, 0.3) is 0 Å². The number of oxime groups is 1. The largest absolute Gasteiger partial charge is 0.482 e. The minimum absolute atomic E-state index is 0.447. The van der Waals surface area contributed by atoms with Crippen molar-refractivity contribution in [1.82, 2.24) is 4.90 Å². The van der Waals surface area contributed by atoms with Gasteiger partial charge in [-0.05, 0) is 31.8 Å². The summed E-state index contributed by atoms with van der Waals surface area (Å²) in [5, 5.41) is 18.7. The molecule has 0 radical (unpaired) electrons. The van der Waals surface area contributed by atoms with Crippen LogP contribution in [0.5, 0.6) is 0 Å². The lowest BCUT2D eigenvalue weighted by molar-refractivity contribution is -0.159. The first-order valence-electron chi connectivity index (χ1n) is 6.33. The molecule has 1 atom stereocenters. The number of methoxy groups -OCH3 is 1. The van der Waals surface area contributed by atoms with Gasteiger partial charge in [0.1, 0.15) is 7.11 Å². The van der Waals surface area contributed by atoms with E-state index in [9.17, 15) is 0 Å². The smallest absolute Gasteiger partial charge is 0.414 e. The second-order valence-electron chi connectivity index (χ2n) is 4.67. The highest BCUT2D eigenvalue weighted by Gasteiger charge is 2.38. The number of ether oxygens (including phenoxy) is 1. The molecule has 2 N–H and O–H groups in total. The lowest BCUT2D eigenvalue weighted by atomic mass is 9.79. The summed E-state index contributed by atoms with van der Waals surface area (Å²) in [7, 11) is 3.25. The van der Waals surface area contributed by atoms with Crippen LogP contribution >= 0.6 is 0 Å². The van der Waals surface area contributed by atoms with Gasteiger partial charge in [-0.25, -0.2) is 9.59 Å². The summed E-state index contributed by atoms with van der Waals surface area (Å²) in [5.41, 5.74) is 0. The summed E-state index contributed by atoms with van der Waals surface area (Å²) >= 11 is 0. The first kappa shape index (κ1) is 16.2. The maximum absolute atomic E-state index is 9.10. The van der Waals surface area contributed by atoms with E-state index in [1.54, 1.807) is 14.2 Å². The minimum atomic E-state index is -1.82. The Morgan fingerprint density at radius 2 is 1.70 bits per heavy atom. The van der Waals surface area contributed by atoms with Crippen LogP contribution in [-0.4, -0.2) is 66.8 Å². The Morgan fingerprint density at radius 3 is 2.00 bits per heavy atom. The number of nitrogens with zero attached hydrogens (tertiary/aromatic N) is 2. The number of hydrogen-bond acceptors (Lipinski definition) is 6. The second-order valence-corrected chi connectivity index (χ2v) is 4.67. The Hall–Kier alpha value is -1.83. The molecule has 3 aliphatic rings. The van der Waals surface area contributed by atoms with E-state index in [0.717, 1.165) is 18.4 Å². The average Bonchev–Trinajstić information content (AvgIpc) is 2.46. The molecule has 0 aromatic carbocycles. The van der Waals surface area contributed by atoms with Gasteiger partial charge < -0.3 is 24.7 Å². The molecule has 20 heavy (non-hydrogen) atoms. The Bertz CT molecular complexity index is 364. The molecule has 0 spiro atoms. The van der Waals surface area contributed by atoms with Crippen molar-refractivity contribution in [2.75, 3.05) is 33.9 Å². The van der Waals surface area contributed by atoms with Crippen LogP contribution in [0, 0.1) is 11.8 Å². The third-order valence-corrected chi connectivity index (χ3v) is 3.55. The highest BCUT2D eigenvalue weighted by molar-refractivity contribution is 6.27. The number of fused-ring (bicyclic) bond motifs is 3. The summed E-state index contributed by atoms with van der Waals surface area (Å²) in [6, 6.07) is 0. The molecule has 3 aliphatic heterocycles. The summed E-state index contributed by atoms with van der Waals surface area (Å²) in [5.74, 6) is -1.69. The maximum atomic E-state index is 9.10. The molecule has 0 aromatic heterocycles. The predicted molar refractivity (Wildman–Crippen MR) is 69.4 cm³/mol. The summed E-state index contributed by atoms with van der Waals surface area (Å²) in [6.07, 6.45) is 2.55. The number of carbonyl (C=O) groups is 2. The minimum Gasteiger partial charge on any atom is -0.482 e. The van der Waals surface area contributed by atoms with Crippen LogP contribution in [-0.2, 0) is 19.2 Å². The van der Waals surface area contributed by atoms with E-state index in [1.807, 2.05) is 0 Å². The number of aliphatic carboxylic acids is 2. The normalized spacial score (nSPS) is 28.1. The molecular weight excluding hydrogens is 268 g/mol. The number of carboxylic acids is 2. The second kappa shape index (κ2) is 7.68. The Kier molecular flexibility index (Phi) is 6.23. The van der Waals surface area contributed by atoms with Gasteiger partial charge in [-0.2, -0.15) is 0 Å². The van der Waals surface area contributed by atoms with Gasteiger partial charge in [-0.15, -0.1) is 0 Å². The molecule has 8 heteroatoms. The van der Waals surface area contributed by atoms with Crippen LogP contribution in [0.4, 0.5) is 0 Å². The predicted octanol–water partition coefficient (Wildman–Crippen LogP) is 0.0901. The van der Waals surface area contributed by atoms with E-state index in [1.165, 1.54) is 25.9 Å². The molecule has 1 unspecified atom stereocenters. The zero-order valence-corrected chi connectivity index (χ0v) is 11.6. The highest BCUT2D eigenvalue weighted by Crippen LogP contribution is 2.33. The van der Waals surface area contributed by atoms with Gasteiger partial charge in [0.15, 0.2) is 0 Å². The van der Waals surface area contributed by atoms with Gasteiger partial charge in [0.25, 0.3) is 0 Å². The number of piperidine rings is 3. The molecule has 114 valence electrons.